The van der Waals surface area contributed by atoms with Crippen LogP contribution in [0.4, 0.5) is 0 Å². The van der Waals surface area contributed by atoms with E-state index in [0.717, 1.165) is 12.8 Å². The maximum absolute atomic E-state index is 12.2. The number of hydrogen-bond acceptors (Lipinski definition) is 4. The summed E-state index contributed by atoms with van der Waals surface area (Å²) < 4.78 is 12.0. The molecule has 116 valence electrons. The van der Waals surface area contributed by atoms with E-state index in [-0.39, 0.29) is 28.8 Å². The van der Waals surface area contributed by atoms with Crippen LogP contribution in [0.5, 0.6) is 0 Å². The highest BCUT2D eigenvalue weighted by molar-refractivity contribution is 7.85. The van der Waals surface area contributed by atoms with E-state index in [2.05, 4.69) is 0 Å². The Morgan fingerprint density at radius 3 is 2.62 bits per heavy atom. The van der Waals surface area contributed by atoms with Gasteiger partial charge in [0.1, 0.15) is 5.70 Å². The molecule has 2 fully saturated rings. The molecular weight excluding hydrogens is 294 g/mol. The van der Waals surface area contributed by atoms with Crippen molar-refractivity contribution in [2.45, 2.75) is 43.6 Å². The van der Waals surface area contributed by atoms with Gasteiger partial charge in [-0.25, -0.2) is 4.79 Å². The van der Waals surface area contributed by atoms with Crippen LogP contribution in [0.15, 0.2) is 11.3 Å². The maximum Gasteiger partial charge on any atom is 0.352 e. The van der Waals surface area contributed by atoms with Gasteiger partial charge in [0.25, 0.3) is 0 Å². The summed E-state index contributed by atoms with van der Waals surface area (Å²) in [5.74, 6) is -2.07. The number of fused-ring (bicyclic) bond motifs is 3. The molecule has 6 unspecified atom stereocenters. The second-order valence-corrected chi connectivity index (χ2v) is 7.67. The minimum absolute atomic E-state index is 0.0202. The number of carbonyl (C=O) groups is 2. The number of aliphatic carboxylic acids is 1. The zero-order chi connectivity index (χ0) is 15.5. The van der Waals surface area contributed by atoms with Gasteiger partial charge in [-0.1, -0.05) is 6.42 Å². The molecule has 1 saturated heterocycles. The summed E-state index contributed by atoms with van der Waals surface area (Å²) in [6.45, 7) is 1.57. The molecule has 3 rings (SSSR count). The fourth-order valence-corrected chi connectivity index (χ4v) is 5.32. The third kappa shape index (κ3) is 1.90. The van der Waals surface area contributed by atoms with Crippen molar-refractivity contribution in [2.75, 3.05) is 6.26 Å². The van der Waals surface area contributed by atoms with E-state index in [1.807, 2.05) is 0 Å². The van der Waals surface area contributed by atoms with Crippen LogP contribution in [-0.4, -0.2) is 54.8 Å². The van der Waals surface area contributed by atoms with Crippen LogP contribution < -0.4 is 0 Å². The molecule has 0 aromatic rings. The Hall–Kier alpha value is -1.21. The average Bonchev–Trinajstić information content (AvgIpc) is 2.68. The van der Waals surface area contributed by atoms with Gasteiger partial charge < -0.3 is 15.1 Å². The van der Waals surface area contributed by atoms with Crippen LogP contribution in [0, 0.1) is 11.8 Å². The minimum Gasteiger partial charge on any atom is -0.477 e. The maximum atomic E-state index is 12.2. The number of carbonyl (C=O) groups excluding carboxylic acids is 1. The highest BCUT2D eigenvalue weighted by atomic mass is 32.2. The molecule has 1 amide bonds. The van der Waals surface area contributed by atoms with Gasteiger partial charge in [0.15, 0.2) is 0 Å². The van der Waals surface area contributed by atoms with E-state index in [1.165, 1.54) is 4.90 Å². The predicted octanol–water partition coefficient (Wildman–Crippen LogP) is 0.0937. The van der Waals surface area contributed by atoms with Gasteiger partial charge in [0, 0.05) is 23.0 Å². The molecule has 0 radical (unpaired) electrons. The summed E-state index contributed by atoms with van der Waals surface area (Å²) in [6, 6.07) is -0.273. The predicted molar refractivity (Wildman–Crippen MR) is 75.7 cm³/mol. The van der Waals surface area contributed by atoms with Gasteiger partial charge in [-0.05, 0) is 25.3 Å². The number of aliphatic hydroxyl groups is 1. The Labute approximate surface area is 125 Å². The number of rotatable bonds is 3. The number of hydrogen-bond donors (Lipinski definition) is 2. The van der Waals surface area contributed by atoms with Gasteiger partial charge in [-0.2, -0.15) is 0 Å². The summed E-state index contributed by atoms with van der Waals surface area (Å²) in [6.07, 6.45) is 3.15. The van der Waals surface area contributed by atoms with Gasteiger partial charge in [-0.3, -0.25) is 9.00 Å². The molecule has 7 heteroatoms. The Morgan fingerprint density at radius 2 is 2.10 bits per heavy atom. The molecule has 2 N–H and O–H groups in total. The van der Waals surface area contributed by atoms with Crippen molar-refractivity contribution in [1.29, 1.82) is 0 Å². The van der Waals surface area contributed by atoms with Crippen LogP contribution >= 0.6 is 0 Å². The van der Waals surface area contributed by atoms with Crippen molar-refractivity contribution >= 4 is 22.7 Å². The van der Waals surface area contributed by atoms with Crippen molar-refractivity contribution < 1.29 is 24.0 Å². The Morgan fingerprint density at radius 1 is 1.43 bits per heavy atom. The van der Waals surface area contributed by atoms with Crippen molar-refractivity contribution in [3.8, 4) is 0 Å². The lowest BCUT2D eigenvalue weighted by Crippen LogP contribution is -2.64. The number of carboxylic acid groups (broad SMARTS) is 1. The quantitative estimate of drug-likeness (QED) is 0.720. The second kappa shape index (κ2) is 4.91. The number of β-lactam (4-membered cyclic amide) rings is 1. The molecule has 0 aromatic carbocycles. The summed E-state index contributed by atoms with van der Waals surface area (Å²) in [4.78, 5) is 25.2. The summed E-state index contributed by atoms with van der Waals surface area (Å²) in [5, 5.41) is 19.0. The smallest absolute Gasteiger partial charge is 0.352 e. The number of carboxylic acids is 1. The lowest BCUT2D eigenvalue weighted by molar-refractivity contribution is -0.163. The summed E-state index contributed by atoms with van der Waals surface area (Å²) in [5.41, 5.74) is 0.683. The lowest BCUT2D eigenvalue weighted by Gasteiger charge is -2.47. The first-order valence-electron chi connectivity index (χ1n) is 7.17. The standard InChI is InChI=1S/C14H19NO5S/c1-6(16)9-11-7-4-3-5-8(21(2)20)10(7)12(14(18)19)15(11)13(9)17/h6-9,11,16H,3-5H2,1-2H3,(H,18,19). The molecule has 1 saturated carbocycles. The second-order valence-electron chi connectivity index (χ2n) is 6.10. The SMILES string of the molecule is CC(O)C1C(=O)N2C(C(=O)O)=C3C(CCCC3S(C)=O)C12. The fourth-order valence-electron chi connectivity index (χ4n) is 4.18. The molecule has 6 atom stereocenters. The van der Waals surface area contributed by atoms with Gasteiger partial charge in [-0.15, -0.1) is 0 Å². The molecule has 2 aliphatic heterocycles. The third-order valence-electron chi connectivity index (χ3n) is 4.97. The molecule has 0 aromatic heterocycles. The minimum atomic E-state index is -1.16. The molecule has 1 aliphatic carbocycles. The van der Waals surface area contributed by atoms with Crippen LogP contribution in [0.3, 0.4) is 0 Å². The van der Waals surface area contributed by atoms with Crippen LogP contribution in [0.2, 0.25) is 0 Å². The van der Waals surface area contributed by atoms with Crippen molar-refractivity contribution in [3.63, 3.8) is 0 Å². The molecule has 0 spiro atoms. The fraction of sp³-hybridized carbons (Fsp3) is 0.714. The van der Waals surface area contributed by atoms with E-state index in [1.54, 1.807) is 13.2 Å². The zero-order valence-electron chi connectivity index (χ0n) is 12.0. The largest absolute Gasteiger partial charge is 0.477 e. The summed E-state index contributed by atoms with van der Waals surface area (Å²) in [7, 11) is -1.16. The van der Waals surface area contributed by atoms with Gasteiger partial charge >= 0.3 is 5.97 Å². The van der Waals surface area contributed by atoms with E-state index in [0.29, 0.717) is 12.0 Å². The molecular formula is C14H19NO5S. The lowest BCUT2D eigenvalue weighted by atomic mass is 9.72. The Kier molecular flexibility index (Phi) is 3.44. The number of nitrogens with zero attached hydrogens (tertiary/aromatic N) is 1. The molecule has 2 heterocycles. The monoisotopic (exact) mass is 313 g/mol. The highest BCUT2D eigenvalue weighted by Gasteiger charge is 2.62. The average molecular weight is 313 g/mol. The van der Waals surface area contributed by atoms with Gasteiger partial charge in [0.2, 0.25) is 5.91 Å². The number of amides is 1. The first-order chi connectivity index (χ1) is 9.86. The Balaban J connectivity index is 2.08. The van der Waals surface area contributed by atoms with Crippen LogP contribution in [-0.2, 0) is 20.4 Å². The Bertz CT molecular complexity index is 570. The van der Waals surface area contributed by atoms with E-state index in [9.17, 15) is 24.0 Å². The van der Waals surface area contributed by atoms with Crippen molar-refractivity contribution in [1.82, 2.24) is 4.90 Å². The van der Waals surface area contributed by atoms with E-state index < -0.39 is 28.8 Å². The third-order valence-corrected chi connectivity index (χ3v) is 6.26. The van der Waals surface area contributed by atoms with Crippen LogP contribution in [0.1, 0.15) is 26.2 Å². The zero-order valence-corrected chi connectivity index (χ0v) is 12.8. The van der Waals surface area contributed by atoms with Crippen LogP contribution in [0.25, 0.3) is 0 Å². The highest BCUT2D eigenvalue weighted by Crippen LogP contribution is 2.52. The van der Waals surface area contributed by atoms with E-state index >= 15 is 0 Å². The topological polar surface area (TPSA) is 94.9 Å². The summed E-state index contributed by atoms with van der Waals surface area (Å²) >= 11 is 0. The molecule has 21 heavy (non-hydrogen) atoms. The molecule has 3 aliphatic rings. The normalized spacial score (nSPS) is 37.7. The van der Waals surface area contributed by atoms with Crippen molar-refractivity contribution in [2.24, 2.45) is 11.8 Å². The van der Waals surface area contributed by atoms with Crippen molar-refractivity contribution in [3.05, 3.63) is 11.3 Å². The first kappa shape index (κ1) is 14.7. The van der Waals surface area contributed by atoms with E-state index in [4.69, 9.17) is 0 Å². The first-order valence-corrected chi connectivity index (χ1v) is 8.79. The molecule has 0 bridgehead atoms. The van der Waals surface area contributed by atoms with Gasteiger partial charge in [0.05, 0.1) is 23.3 Å². The molecule has 6 nitrogen and oxygen atoms in total. The number of aliphatic hydroxyl groups excluding tert-OH is 1.